The van der Waals surface area contributed by atoms with Crippen molar-refractivity contribution in [1.82, 2.24) is 5.32 Å². The standard InChI is InChI=1S/C26H32N2O4/c1-5-31-25(30)26(21-14-10-7-11-15-21)19(4)24(28-32-26)23(18(2)3)27-22(29)17-16-20-12-8-6-9-13-20/h6-15,18-19,23H,5,16-17H2,1-4H3,(H,27,29)/t19?,23-,26?/m0/s1. The van der Waals surface area contributed by atoms with E-state index >= 15 is 0 Å². The molecule has 2 aromatic carbocycles. The molecule has 32 heavy (non-hydrogen) atoms. The highest BCUT2D eigenvalue weighted by Gasteiger charge is 2.57. The average molecular weight is 437 g/mol. The lowest BCUT2D eigenvalue weighted by atomic mass is 9.77. The molecule has 6 nitrogen and oxygen atoms in total. The lowest BCUT2D eigenvalue weighted by Crippen LogP contribution is -2.51. The molecule has 0 aromatic heterocycles. The molecule has 0 bridgehead atoms. The first-order chi connectivity index (χ1) is 15.4. The number of carbonyl (C=O) groups is 2. The molecule has 0 aliphatic carbocycles. The quantitative estimate of drug-likeness (QED) is 0.597. The highest BCUT2D eigenvalue weighted by atomic mass is 16.7. The molecular formula is C26H32N2O4. The van der Waals surface area contributed by atoms with Crippen LogP contribution in [0, 0.1) is 11.8 Å². The summed E-state index contributed by atoms with van der Waals surface area (Å²) in [5, 5.41) is 7.46. The molecule has 2 aromatic rings. The van der Waals surface area contributed by atoms with Crippen LogP contribution in [0.5, 0.6) is 0 Å². The molecule has 6 heteroatoms. The first-order valence-corrected chi connectivity index (χ1v) is 11.2. The van der Waals surface area contributed by atoms with Gasteiger partial charge in [0.15, 0.2) is 0 Å². The summed E-state index contributed by atoms with van der Waals surface area (Å²) in [5.41, 5.74) is 1.07. The van der Waals surface area contributed by atoms with Crippen LogP contribution in [0.15, 0.2) is 65.8 Å². The Balaban J connectivity index is 1.79. The summed E-state index contributed by atoms with van der Waals surface area (Å²) in [5.74, 6) is -0.883. The zero-order chi connectivity index (χ0) is 23.1. The van der Waals surface area contributed by atoms with Crippen LogP contribution < -0.4 is 5.32 Å². The third-order valence-corrected chi connectivity index (χ3v) is 5.92. The van der Waals surface area contributed by atoms with Gasteiger partial charge in [-0.15, -0.1) is 0 Å². The Morgan fingerprint density at radius 2 is 1.72 bits per heavy atom. The van der Waals surface area contributed by atoms with Crippen molar-refractivity contribution in [1.29, 1.82) is 0 Å². The summed E-state index contributed by atoms with van der Waals surface area (Å²) in [7, 11) is 0. The van der Waals surface area contributed by atoms with E-state index in [0.29, 0.717) is 24.1 Å². The Labute approximate surface area is 190 Å². The van der Waals surface area contributed by atoms with Gasteiger partial charge in [-0.25, -0.2) is 4.79 Å². The molecule has 3 atom stereocenters. The van der Waals surface area contributed by atoms with Crippen molar-refractivity contribution in [3.63, 3.8) is 0 Å². The first kappa shape index (κ1) is 23.5. The molecule has 1 N–H and O–H groups in total. The fourth-order valence-corrected chi connectivity index (χ4v) is 4.11. The van der Waals surface area contributed by atoms with E-state index in [9.17, 15) is 9.59 Å². The fraction of sp³-hybridized carbons (Fsp3) is 0.423. The maximum Gasteiger partial charge on any atom is 0.358 e. The van der Waals surface area contributed by atoms with Gasteiger partial charge in [0.25, 0.3) is 5.60 Å². The number of esters is 1. The number of nitrogens with one attached hydrogen (secondary N) is 1. The van der Waals surface area contributed by atoms with Crippen LogP contribution in [0.4, 0.5) is 0 Å². The number of carbonyl (C=O) groups excluding carboxylic acids is 2. The third-order valence-electron chi connectivity index (χ3n) is 5.92. The normalized spacial score (nSPS) is 20.9. The van der Waals surface area contributed by atoms with E-state index in [4.69, 9.17) is 9.57 Å². The molecule has 0 saturated carbocycles. The van der Waals surface area contributed by atoms with Gasteiger partial charge in [-0.2, -0.15) is 0 Å². The molecule has 170 valence electrons. The molecule has 0 spiro atoms. The largest absolute Gasteiger partial charge is 0.463 e. The lowest BCUT2D eigenvalue weighted by molar-refractivity contribution is -0.174. The van der Waals surface area contributed by atoms with Crippen molar-refractivity contribution >= 4 is 17.6 Å². The molecule has 0 saturated heterocycles. The summed E-state index contributed by atoms with van der Waals surface area (Å²) in [6, 6.07) is 18.8. The molecule has 0 radical (unpaired) electrons. The highest BCUT2D eigenvalue weighted by molar-refractivity contribution is 6.01. The van der Waals surface area contributed by atoms with E-state index in [1.165, 1.54) is 0 Å². The maximum atomic E-state index is 13.1. The van der Waals surface area contributed by atoms with E-state index in [-0.39, 0.29) is 24.5 Å². The maximum absolute atomic E-state index is 13.1. The van der Waals surface area contributed by atoms with E-state index in [2.05, 4.69) is 10.5 Å². The Bertz CT molecular complexity index is 943. The molecule has 1 aliphatic heterocycles. The minimum Gasteiger partial charge on any atom is -0.463 e. The highest BCUT2D eigenvalue weighted by Crippen LogP contribution is 2.42. The van der Waals surface area contributed by atoms with Crippen molar-refractivity contribution in [2.75, 3.05) is 6.61 Å². The Morgan fingerprint density at radius 1 is 1.09 bits per heavy atom. The van der Waals surface area contributed by atoms with Crippen LogP contribution in [-0.2, 0) is 31.2 Å². The Hall–Kier alpha value is -3.15. The van der Waals surface area contributed by atoms with E-state index in [1.807, 2.05) is 81.4 Å². The number of ether oxygens (including phenoxy) is 1. The van der Waals surface area contributed by atoms with Crippen LogP contribution in [0.25, 0.3) is 0 Å². The van der Waals surface area contributed by atoms with Crippen molar-refractivity contribution in [2.24, 2.45) is 17.0 Å². The van der Waals surface area contributed by atoms with Gasteiger partial charge in [0, 0.05) is 12.0 Å². The number of hydrogen-bond acceptors (Lipinski definition) is 5. The van der Waals surface area contributed by atoms with Gasteiger partial charge >= 0.3 is 5.97 Å². The molecule has 2 unspecified atom stereocenters. The summed E-state index contributed by atoms with van der Waals surface area (Å²) in [6.07, 6.45) is 1.03. The molecule has 3 rings (SSSR count). The lowest BCUT2D eigenvalue weighted by Gasteiger charge is -2.31. The average Bonchev–Trinajstić information content (AvgIpc) is 3.15. The van der Waals surface area contributed by atoms with Crippen molar-refractivity contribution in [3.8, 4) is 0 Å². The number of oxime groups is 1. The summed E-state index contributed by atoms with van der Waals surface area (Å²) in [6.45, 7) is 7.94. The topological polar surface area (TPSA) is 77.0 Å². The molecule has 1 amide bonds. The van der Waals surface area contributed by atoms with Crippen molar-refractivity contribution < 1.29 is 19.2 Å². The van der Waals surface area contributed by atoms with Crippen molar-refractivity contribution in [3.05, 3.63) is 71.8 Å². The monoisotopic (exact) mass is 436 g/mol. The van der Waals surface area contributed by atoms with Crippen LogP contribution in [0.1, 0.15) is 45.2 Å². The summed E-state index contributed by atoms with van der Waals surface area (Å²) in [4.78, 5) is 31.7. The van der Waals surface area contributed by atoms with Gasteiger partial charge < -0.3 is 14.9 Å². The smallest absolute Gasteiger partial charge is 0.358 e. The van der Waals surface area contributed by atoms with E-state index in [0.717, 1.165) is 5.56 Å². The third kappa shape index (κ3) is 4.85. The van der Waals surface area contributed by atoms with Crippen LogP contribution >= 0.6 is 0 Å². The fourth-order valence-electron chi connectivity index (χ4n) is 4.11. The van der Waals surface area contributed by atoms with Gasteiger partial charge in [0.2, 0.25) is 5.91 Å². The van der Waals surface area contributed by atoms with E-state index < -0.39 is 17.5 Å². The number of rotatable bonds is 9. The molecule has 1 aliphatic rings. The number of aryl methyl sites for hydroxylation is 1. The summed E-state index contributed by atoms with van der Waals surface area (Å²) >= 11 is 0. The second-order valence-electron chi connectivity index (χ2n) is 8.43. The minimum atomic E-state index is -1.37. The predicted molar refractivity (Wildman–Crippen MR) is 124 cm³/mol. The zero-order valence-electron chi connectivity index (χ0n) is 19.2. The summed E-state index contributed by atoms with van der Waals surface area (Å²) < 4.78 is 5.39. The number of amides is 1. The number of nitrogens with zero attached hydrogens (tertiary/aromatic N) is 1. The molecule has 1 heterocycles. The molecular weight excluding hydrogens is 404 g/mol. The SMILES string of the molecule is CCOC(=O)C1(c2ccccc2)ON=C([C@@H](NC(=O)CCc2ccccc2)C(C)C)C1C. The van der Waals surface area contributed by atoms with Gasteiger partial charge in [-0.1, -0.05) is 86.6 Å². The molecule has 0 fully saturated rings. The second-order valence-corrected chi connectivity index (χ2v) is 8.43. The first-order valence-electron chi connectivity index (χ1n) is 11.2. The zero-order valence-corrected chi connectivity index (χ0v) is 19.2. The number of hydrogen-bond donors (Lipinski definition) is 1. The van der Waals surface area contributed by atoms with Gasteiger partial charge in [-0.3, -0.25) is 4.79 Å². The second kappa shape index (κ2) is 10.4. The number of benzene rings is 2. The van der Waals surface area contributed by atoms with Crippen molar-refractivity contribution in [2.45, 2.75) is 52.2 Å². The Kier molecular flexibility index (Phi) is 7.67. The van der Waals surface area contributed by atoms with Crippen LogP contribution in [0.2, 0.25) is 0 Å². The van der Waals surface area contributed by atoms with E-state index in [1.54, 1.807) is 6.92 Å². The van der Waals surface area contributed by atoms with Gasteiger partial charge in [0.05, 0.1) is 24.3 Å². The predicted octanol–water partition coefficient (Wildman–Crippen LogP) is 4.24. The van der Waals surface area contributed by atoms with Crippen LogP contribution in [-0.4, -0.2) is 30.2 Å². The van der Waals surface area contributed by atoms with Gasteiger partial charge in [-0.05, 0) is 24.8 Å². The van der Waals surface area contributed by atoms with Crippen LogP contribution in [0.3, 0.4) is 0 Å². The van der Waals surface area contributed by atoms with Gasteiger partial charge in [0.1, 0.15) is 0 Å². The minimum absolute atomic E-state index is 0.0594. The Morgan fingerprint density at radius 3 is 2.31 bits per heavy atom.